The lowest BCUT2D eigenvalue weighted by Gasteiger charge is -2.18. The third-order valence-electron chi connectivity index (χ3n) is 5.77. The number of sulfonamides is 1. The first-order valence-electron chi connectivity index (χ1n) is 10.0. The molecule has 2 aromatic rings. The summed E-state index contributed by atoms with van der Waals surface area (Å²) >= 11 is 0. The van der Waals surface area contributed by atoms with Crippen LogP contribution in [0.25, 0.3) is 0 Å². The largest absolute Gasteiger partial charge is 0.338 e. The number of likely N-dealkylation sites (tertiary alicyclic amines) is 1. The van der Waals surface area contributed by atoms with E-state index in [4.69, 9.17) is 0 Å². The van der Waals surface area contributed by atoms with Gasteiger partial charge in [-0.25, -0.2) is 17.5 Å². The number of carbonyl (C=O) groups is 1. The van der Waals surface area contributed by atoms with E-state index in [-0.39, 0.29) is 24.2 Å². The standard InChI is InChI=1S/C22H25FN2O3S/c23-20-8-5-16(6-9-20)14-25-15-17(11-22(25)26)13-24-29(27,28)21-10-7-18-3-1-2-4-19(18)12-21/h5-10,12,17,24H,1-4,11,13-15H2. The molecule has 0 spiro atoms. The third-order valence-corrected chi connectivity index (χ3v) is 7.19. The number of fused-ring (bicyclic) bond motifs is 1. The molecular formula is C22H25FN2O3S. The average molecular weight is 417 g/mol. The van der Waals surface area contributed by atoms with Crippen LogP contribution in [0.15, 0.2) is 47.4 Å². The maximum atomic E-state index is 13.0. The van der Waals surface area contributed by atoms with E-state index in [1.54, 1.807) is 29.2 Å². The monoisotopic (exact) mass is 416 g/mol. The minimum absolute atomic E-state index is 0.00713. The van der Waals surface area contributed by atoms with Crippen LogP contribution in [0.2, 0.25) is 0 Å². The molecule has 1 amide bonds. The summed E-state index contributed by atoms with van der Waals surface area (Å²) in [6, 6.07) is 11.5. The van der Waals surface area contributed by atoms with Gasteiger partial charge >= 0.3 is 0 Å². The van der Waals surface area contributed by atoms with Gasteiger partial charge in [-0.1, -0.05) is 18.2 Å². The Morgan fingerprint density at radius 3 is 2.52 bits per heavy atom. The van der Waals surface area contributed by atoms with Gasteiger partial charge < -0.3 is 4.90 Å². The second-order valence-electron chi connectivity index (χ2n) is 7.96. The van der Waals surface area contributed by atoms with Crippen molar-refractivity contribution in [2.45, 2.75) is 43.5 Å². The summed E-state index contributed by atoms with van der Waals surface area (Å²) in [4.78, 5) is 14.3. The molecule has 5 nitrogen and oxygen atoms in total. The summed E-state index contributed by atoms with van der Waals surface area (Å²) in [7, 11) is -3.60. The molecule has 1 atom stereocenters. The Bertz CT molecular complexity index is 1010. The summed E-state index contributed by atoms with van der Waals surface area (Å²) in [6.07, 6.45) is 4.50. The molecule has 1 heterocycles. The van der Waals surface area contributed by atoms with Crippen LogP contribution in [0.5, 0.6) is 0 Å². The molecule has 1 aliphatic carbocycles. The molecule has 1 N–H and O–H groups in total. The molecule has 1 fully saturated rings. The van der Waals surface area contributed by atoms with Crippen molar-refractivity contribution in [2.75, 3.05) is 13.1 Å². The maximum absolute atomic E-state index is 13.0. The summed E-state index contributed by atoms with van der Waals surface area (Å²) < 4.78 is 41.1. The van der Waals surface area contributed by atoms with Crippen LogP contribution in [-0.2, 0) is 34.2 Å². The van der Waals surface area contributed by atoms with Crippen molar-refractivity contribution in [3.63, 3.8) is 0 Å². The van der Waals surface area contributed by atoms with Gasteiger partial charge in [-0.2, -0.15) is 0 Å². The lowest BCUT2D eigenvalue weighted by Crippen LogP contribution is -2.31. The van der Waals surface area contributed by atoms with Crippen molar-refractivity contribution in [1.29, 1.82) is 0 Å². The van der Waals surface area contributed by atoms with Gasteiger partial charge in [-0.3, -0.25) is 4.79 Å². The average Bonchev–Trinajstić information content (AvgIpc) is 3.07. The molecule has 0 bridgehead atoms. The Labute approximate surface area is 171 Å². The highest BCUT2D eigenvalue weighted by Gasteiger charge is 2.30. The van der Waals surface area contributed by atoms with Crippen LogP contribution in [0.3, 0.4) is 0 Å². The van der Waals surface area contributed by atoms with Gasteiger partial charge in [0.05, 0.1) is 4.90 Å². The number of nitrogens with one attached hydrogen (secondary N) is 1. The zero-order valence-electron chi connectivity index (χ0n) is 16.2. The summed E-state index contributed by atoms with van der Waals surface area (Å²) in [5.74, 6) is -0.390. The van der Waals surface area contributed by atoms with Crippen LogP contribution in [0, 0.1) is 11.7 Å². The van der Waals surface area contributed by atoms with Gasteiger partial charge in [-0.15, -0.1) is 0 Å². The normalized spacial score (nSPS) is 19.4. The van der Waals surface area contributed by atoms with Gasteiger partial charge in [0.15, 0.2) is 0 Å². The number of nitrogens with zero attached hydrogens (tertiary/aromatic N) is 1. The van der Waals surface area contributed by atoms with Crippen LogP contribution in [0.4, 0.5) is 4.39 Å². The lowest BCUT2D eigenvalue weighted by atomic mass is 9.92. The second-order valence-corrected chi connectivity index (χ2v) is 9.73. The van der Waals surface area contributed by atoms with E-state index in [0.717, 1.165) is 36.8 Å². The van der Waals surface area contributed by atoms with E-state index < -0.39 is 10.0 Å². The summed E-state index contributed by atoms with van der Waals surface area (Å²) in [5, 5.41) is 0. The van der Waals surface area contributed by atoms with Crippen molar-refractivity contribution < 1.29 is 17.6 Å². The van der Waals surface area contributed by atoms with E-state index in [1.165, 1.54) is 17.7 Å². The number of halogens is 1. The van der Waals surface area contributed by atoms with Crippen LogP contribution < -0.4 is 4.72 Å². The molecule has 7 heteroatoms. The van der Waals surface area contributed by atoms with Gasteiger partial charge in [0.25, 0.3) is 0 Å². The fourth-order valence-electron chi connectivity index (χ4n) is 4.14. The quantitative estimate of drug-likeness (QED) is 0.787. The number of hydrogen-bond donors (Lipinski definition) is 1. The topological polar surface area (TPSA) is 66.5 Å². The molecule has 1 saturated heterocycles. The smallest absolute Gasteiger partial charge is 0.240 e. The fourth-order valence-corrected chi connectivity index (χ4v) is 5.31. The van der Waals surface area contributed by atoms with Crippen molar-refractivity contribution in [1.82, 2.24) is 9.62 Å². The predicted molar refractivity (Wildman–Crippen MR) is 108 cm³/mol. The zero-order valence-corrected chi connectivity index (χ0v) is 17.1. The third kappa shape index (κ3) is 4.67. The van der Waals surface area contributed by atoms with Crippen molar-refractivity contribution >= 4 is 15.9 Å². The van der Waals surface area contributed by atoms with Crippen LogP contribution in [0.1, 0.15) is 36.0 Å². The van der Waals surface area contributed by atoms with Crippen LogP contribution in [-0.4, -0.2) is 32.3 Å². The fraction of sp³-hybridized carbons (Fsp3) is 0.409. The van der Waals surface area contributed by atoms with Crippen molar-refractivity contribution in [2.24, 2.45) is 5.92 Å². The summed E-state index contributed by atoms with van der Waals surface area (Å²) in [6.45, 7) is 1.13. The Kier molecular flexibility index (Phi) is 5.69. The Balaban J connectivity index is 1.36. The second kappa shape index (κ2) is 8.24. The molecule has 0 radical (unpaired) electrons. The SMILES string of the molecule is O=C1CC(CNS(=O)(=O)c2ccc3c(c2)CCCC3)CN1Cc1ccc(F)cc1. The van der Waals surface area contributed by atoms with Crippen molar-refractivity contribution in [3.05, 3.63) is 65.0 Å². The van der Waals surface area contributed by atoms with Gasteiger partial charge in [0.2, 0.25) is 15.9 Å². The minimum atomic E-state index is -3.60. The lowest BCUT2D eigenvalue weighted by molar-refractivity contribution is -0.128. The van der Waals surface area contributed by atoms with Crippen molar-refractivity contribution in [3.8, 4) is 0 Å². The maximum Gasteiger partial charge on any atom is 0.240 e. The van der Waals surface area contributed by atoms with Crippen LogP contribution >= 0.6 is 0 Å². The van der Waals surface area contributed by atoms with E-state index in [1.807, 2.05) is 6.07 Å². The Morgan fingerprint density at radius 2 is 1.76 bits per heavy atom. The first kappa shape index (κ1) is 20.0. The minimum Gasteiger partial charge on any atom is -0.338 e. The van der Waals surface area contributed by atoms with E-state index in [0.29, 0.717) is 24.4 Å². The molecule has 0 saturated carbocycles. The number of benzene rings is 2. The molecular weight excluding hydrogens is 391 g/mol. The number of amides is 1. The first-order chi connectivity index (χ1) is 13.9. The highest BCUT2D eigenvalue weighted by atomic mass is 32.2. The number of carbonyl (C=O) groups excluding carboxylic acids is 1. The van der Waals surface area contributed by atoms with Gasteiger partial charge in [-0.05, 0) is 72.6 Å². The number of hydrogen-bond acceptors (Lipinski definition) is 3. The Hall–Kier alpha value is -2.25. The van der Waals surface area contributed by atoms with Gasteiger partial charge in [0.1, 0.15) is 5.82 Å². The van der Waals surface area contributed by atoms with E-state index >= 15 is 0 Å². The highest BCUT2D eigenvalue weighted by Crippen LogP contribution is 2.25. The number of aryl methyl sites for hydroxylation is 2. The molecule has 1 aliphatic heterocycles. The molecule has 154 valence electrons. The van der Waals surface area contributed by atoms with E-state index in [2.05, 4.69) is 4.72 Å². The molecule has 29 heavy (non-hydrogen) atoms. The summed E-state index contributed by atoms with van der Waals surface area (Å²) in [5.41, 5.74) is 3.23. The zero-order chi connectivity index (χ0) is 20.4. The Morgan fingerprint density at radius 1 is 1.03 bits per heavy atom. The number of rotatable bonds is 6. The molecule has 1 unspecified atom stereocenters. The first-order valence-corrected chi connectivity index (χ1v) is 11.5. The molecule has 2 aromatic carbocycles. The van der Waals surface area contributed by atoms with E-state index in [9.17, 15) is 17.6 Å². The molecule has 0 aromatic heterocycles. The van der Waals surface area contributed by atoms with Gasteiger partial charge in [0, 0.05) is 26.1 Å². The predicted octanol–water partition coefficient (Wildman–Crippen LogP) is 3.03. The molecule has 4 rings (SSSR count). The highest BCUT2D eigenvalue weighted by molar-refractivity contribution is 7.89. The molecule has 2 aliphatic rings.